The van der Waals surface area contributed by atoms with E-state index >= 15 is 0 Å². The lowest BCUT2D eigenvalue weighted by atomic mass is 10.2. The molecule has 6 heteroatoms. The fourth-order valence-electron chi connectivity index (χ4n) is 1.71. The van der Waals surface area contributed by atoms with Crippen LogP contribution in [0.25, 0.3) is 10.6 Å². The van der Waals surface area contributed by atoms with E-state index in [1.807, 2.05) is 17.5 Å². The molecule has 2 aromatic rings. The second-order valence-electron chi connectivity index (χ2n) is 4.26. The number of carbonyl (C=O) groups is 1. The van der Waals surface area contributed by atoms with Gasteiger partial charge in [-0.15, -0.1) is 22.7 Å². The number of carboxylic acids is 1. The van der Waals surface area contributed by atoms with Gasteiger partial charge >= 0.3 is 5.97 Å². The van der Waals surface area contributed by atoms with Gasteiger partial charge in [0.25, 0.3) is 0 Å². The number of carboxylic acid groups (broad SMARTS) is 1. The first-order valence-corrected chi connectivity index (χ1v) is 7.55. The van der Waals surface area contributed by atoms with E-state index in [9.17, 15) is 4.79 Å². The van der Waals surface area contributed by atoms with Crippen LogP contribution in [0.3, 0.4) is 0 Å². The normalized spacial score (nSPS) is 12.5. The molecule has 0 aliphatic carbocycles. The number of ether oxygens (including phenoxy) is 1. The summed E-state index contributed by atoms with van der Waals surface area (Å²) in [6, 6.07) is 3.79. The molecule has 0 aromatic carbocycles. The summed E-state index contributed by atoms with van der Waals surface area (Å²) in [4.78, 5) is 17.1. The minimum absolute atomic E-state index is 0.0712. The van der Waals surface area contributed by atoms with Crippen molar-refractivity contribution in [1.29, 1.82) is 0 Å². The standard InChI is InChI=1S/C13H15NO3S2/c1-8(6-17-2)13-14-10(7-18-13)11-4-3-9(19-11)5-12(15)16/h3-4,7-8H,5-6H2,1-2H3,(H,15,16). The first-order valence-electron chi connectivity index (χ1n) is 5.85. The predicted molar refractivity (Wildman–Crippen MR) is 77.1 cm³/mol. The van der Waals surface area contributed by atoms with Crippen molar-refractivity contribution in [3.8, 4) is 10.6 Å². The molecule has 0 saturated carbocycles. The third-order valence-electron chi connectivity index (χ3n) is 2.60. The highest BCUT2D eigenvalue weighted by Gasteiger charge is 2.13. The molecule has 1 unspecified atom stereocenters. The van der Waals surface area contributed by atoms with Gasteiger partial charge in [-0.25, -0.2) is 4.98 Å². The van der Waals surface area contributed by atoms with Gasteiger partial charge in [0.05, 0.1) is 28.6 Å². The Morgan fingerprint density at radius 2 is 2.32 bits per heavy atom. The molecule has 1 atom stereocenters. The summed E-state index contributed by atoms with van der Waals surface area (Å²) in [7, 11) is 1.68. The number of aliphatic carboxylic acids is 1. The number of thiophene rings is 1. The highest BCUT2D eigenvalue weighted by atomic mass is 32.1. The Bertz CT molecular complexity index is 562. The highest BCUT2D eigenvalue weighted by Crippen LogP contribution is 2.31. The van der Waals surface area contributed by atoms with Gasteiger partial charge in [0, 0.05) is 23.3 Å². The fourth-order valence-corrected chi connectivity index (χ4v) is 3.61. The number of aromatic nitrogens is 1. The number of hydrogen-bond acceptors (Lipinski definition) is 5. The van der Waals surface area contributed by atoms with Crippen LogP contribution >= 0.6 is 22.7 Å². The quantitative estimate of drug-likeness (QED) is 0.889. The van der Waals surface area contributed by atoms with E-state index in [1.54, 1.807) is 18.4 Å². The summed E-state index contributed by atoms with van der Waals surface area (Å²) < 4.78 is 5.12. The summed E-state index contributed by atoms with van der Waals surface area (Å²) in [5.74, 6) is -0.525. The summed E-state index contributed by atoms with van der Waals surface area (Å²) >= 11 is 3.10. The van der Waals surface area contributed by atoms with E-state index in [4.69, 9.17) is 9.84 Å². The van der Waals surface area contributed by atoms with Crippen molar-refractivity contribution in [2.45, 2.75) is 19.3 Å². The molecule has 2 aromatic heterocycles. The minimum atomic E-state index is -0.805. The lowest BCUT2D eigenvalue weighted by molar-refractivity contribution is -0.136. The second-order valence-corrected chi connectivity index (χ2v) is 6.32. The molecule has 4 nitrogen and oxygen atoms in total. The number of nitrogens with zero attached hydrogens (tertiary/aromatic N) is 1. The van der Waals surface area contributed by atoms with Crippen LogP contribution in [0, 0.1) is 0 Å². The van der Waals surface area contributed by atoms with Gasteiger partial charge in [-0.1, -0.05) is 6.92 Å². The van der Waals surface area contributed by atoms with E-state index in [0.717, 1.165) is 20.5 Å². The van der Waals surface area contributed by atoms with Crippen LogP contribution in [0.4, 0.5) is 0 Å². The molecule has 19 heavy (non-hydrogen) atoms. The molecule has 2 heterocycles. The maximum atomic E-state index is 10.7. The smallest absolute Gasteiger partial charge is 0.308 e. The van der Waals surface area contributed by atoms with Crippen molar-refractivity contribution in [1.82, 2.24) is 4.98 Å². The van der Waals surface area contributed by atoms with Gasteiger partial charge < -0.3 is 9.84 Å². The van der Waals surface area contributed by atoms with Crippen LogP contribution in [0.2, 0.25) is 0 Å². The summed E-state index contributed by atoms with van der Waals surface area (Å²) in [5.41, 5.74) is 0.921. The van der Waals surface area contributed by atoms with Gasteiger partial charge in [-0.2, -0.15) is 0 Å². The molecule has 0 aliphatic heterocycles. The Labute approximate surface area is 119 Å². The van der Waals surface area contributed by atoms with Gasteiger partial charge in [0.1, 0.15) is 0 Å². The molecule has 1 N–H and O–H groups in total. The molecule has 0 amide bonds. The Hall–Kier alpha value is -1.24. The van der Waals surface area contributed by atoms with E-state index in [2.05, 4.69) is 11.9 Å². The van der Waals surface area contributed by atoms with Crippen LogP contribution in [0.15, 0.2) is 17.5 Å². The maximum absolute atomic E-state index is 10.7. The molecular formula is C13H15NO3S2. The number of hydrogen-bond donors (Lipinski definition) is 1. The molecule has 2 rings (SSSR count). The Morgan fingerprint density at radius 1 is 1.53 bits per heavy atom. The second kappa shape index (κ2) is 6.27. The minimum Gasteiger partial charge on any atom is -0.481 e. The molecule has 102 valence electrons. The molecule has 0 fully saturated rings. The zero-order chi connectivity index (χ0) is 13.8. The van der Waals surface area contributed by atoms with Crippen LogP contribution < -0.4 is 0 Å². The van der Waals surface area contributed by atoms with Crippen LogP contribution in [-0.4, -0.2) is 29.8 Å². The summed E-state index contributed by atoms with van der Waals surface area (Å²) in [6.45, 7) is 2.73. The summed E-state index contributed by atoms with van der Waals surface area (Å²) in [6.07, 6.45) is 0.0712. The fraction of sp³-hybridized carbons (Fsp3) is 0.385. The van der Waals surface area contributed by atoms with Crippen molar-refractivity contribution < 1.29 is 14.6 Å². The largest absolute Gasteiger partial charge is 0.481 e. The van der Waals surface area contributed by atoms with Gasteiger partial charge in [-0.3, -0.25) is 4.79 Å². The van der Waals surface area contributed by atoms with Gasteiger partial charge in [0.2, 0.25) is 0 Å². The van der Waals surface area contributed by atoms with Crippen LogP contribution in [0.1, 0.15) is 22.7 Å². The van der Waals surface area contributed by atoms with Crippen LogP contribution in [-0.2, 0) is 16.0 Å². The number of thiazole rings is 1. The van der Waals surface area contributed by atoms with Crippen molar-refractivity contribution in [2.75, 3.05) is 13.7 Å². The Balaban J connectivity index is 2.14. The SMILES string of the molecule is COCC(C)c1nc(-c2ccc(CC(=O)O)s2)cs1. The number of methoxy groups -OCH3 is 1. The topological polar surface area (TPSA) is 59.4 Å². The third-order valence-corrected chi connectivity index (χ3v) is 4.78. The van der Waals surface area contributed by atoms with E-state index in [-0.39, 0.29) is 12.3 Å². The van der Waals surface area contributed by atoms with Crippen molar-refractivity contribution in [2.24, 2.45) is 0 Å². The molecule has 0 radical (unpaired) electrons. The monoisotopic (exact) mass is 297 g/mol. The summed E-state index contributed by atoms with van der Waals surface area (Å²) in [5, 5.41) is 11.8. The molecule has 0 saturated heterocycles. The van der Waals surface area contributed by atoms with E-state index in [0.29, 0.717) is 6.61 Å². The van der Waals surface area contributed by atoms with Gasteiger partial charge in [-0.05, 0) is 12.1 Å². The zero-order valence-corrected chi connectivity index (χ0v) is 12.4. The molecule has 0 bridgehead atoms. The lowest BCUT2D eigenvalue weighted by Gasteiger charge is -2.04. The molecular weight excluding hydrogens is 282 g/mol. The van der Waals surface area contributed by atoms with Crippen LogP contribution in [0.5, 0.6) is 0 Å². The Morgan fingerprint density at radius 3 is 3.00 bits per heavy atom. The lowest BCUT2D eigenvalue weighted by Crippen LogP contribution is -2.00. The van der Waals surface area contributed by atoms with Crippen molar-refractivity contribution in [3.05, 3.63) is 27.4 Å². The van der Waals surface area contributed by atoms with E-state index in [1.165, 1.54) is 11.3 Å². The maximum Gasteiger partial charge on any atom is 0.308 e. The van der Waals surface area contributed by atoms with Gasteiger partial charge in [0.15, 0.2) is 0 Å². The average molecular weight is 297 g/mol. The third kappa shape index (κ3) is 3.62. The zero-order valence-electron chi connectivity index (χ0n) is 10.8. The van der Waals surface area contributed by atoms with E-state index < -0.39 is 5.97 Å². The first-order chi connectivity index (χ1) is 9.10. The number of rotatable bonds is 6. The first kappa shape index (κ1) is 14.2. The van der Waals surface area contributed by atoms with Crippen molar-refractivity contribution in [3.63, 3.8) is 0 Å². The van der Waals surface area contributed by atoms with Crippen molar-refractivity contribution >= 4 is 28.6 Å². The average Bonchev–Trinajstić information content (AvgIpc) is 2.96. The highest BCUT2D eigenvalue weighted by molar-refractivity contribution is 7.16. The predicted octanol–water partition coefficient (Wildman–Crippen LogP) is 3.25. The molecule has 0 spiro atoms. The molecule has 0 aliphatic rings. The Kier molecular flexibility index (Phi) is 4.68.